The monoisotopic (exact) mass is 364 g/mol. The van der Waals surface area contributed by atoms with E-state index in [1.807, 2.05) is 40.7 Å². The third-order valence-electron chi connectivity index (χ3n) is 5.70. The standard InChI is InChI=1S/C20H32N2O2S/c1-18(2,3)25(24)22-17-16-12-15(19(4,5)23)7-6-14(16)13-20(17)8-10-21-11-9-20/h6-7,12,17,21-23H,8-11,13H2,1-5H3/t17?,25-/m1/s1. The topological polar surface area (TPSA) is 61.4 Å². The molecule has 1 heterocycles. The van der Waals surface area contributed by atoms with Crippen molar-refractivity contribution in [3.63, 3.8) is 0 Å². The van der Waals surface area contributed by atoms with Gasteiger partial charge in [0, 0.05) is 0 Å². The van der Waals surface area contributed by atoms with Crippen molar-refractivity contribution in [1.82, 2.24) is 10.0 Å². The van der Waals surface area contributed by atoms with Gasteiger partial charge in [-0.15, -0.1) is 0 Å². The maximum atomic E-state index is 12.9. The van der Waals surface area contributed by atoms with E-state index in [1.54, 1.807) is 0 Å². The maximum Gasteiger partial charge on any atom is 0.0976 e. The molecular formula is C20H32N2O2S. The third kappa shape index (κ3) is 3.70. The summed E-state index contributed by atoms with van der Waals surface area (Å²) in [6, 6.07) is 6.40. The zero-order valence-corrected chi connectivity index (χ0v) is 16.9. The molecule has 3 N–H and O–H groups in total. The van der Waals surface area contributed by atoms with E-state index in [0.29, 0.717) is 0 Å². The van der Waals surface area contributed by atoms with Gasteiger partial charge in [0.15, 0.2) is 0 Å². The highest BCUT2D eigenvalue weighted by Gasteiger charge is 2.48. The summed E-state index contributed by atoms with van der Waals surface area (Å²) in [6.45, 7) is 11.7. The second-order valence-electron chi connectivity index (χ2n) is 9.19. The second kappa shape index (κ2) is 6.45. The minimum absolute atomic E-state index is 0.0759. The first-order chi connectivity index (χ1) is 11.5. The summed E-state index contributed by atoms with van der Waals surface area (Å²) in [5, 5.41) is 13.9. The Labute approximate surface area is 154 Å². The lowest BCUT2D eigenvalue weighted by Crippen LogP contribution is -2.46. The fraction of sp³-hybridized carbons (Fsp3) is 0.700. The highest BCUT2D eigenvalue weighted by atomic mass is 32.2. The van der Waals surface area contributed by atoms with E-state index in [1.165, 1.54) is 11.1 Å². The SMILES string of the molecule is CC(C)(O)c1ccc2c(c1)C(N[S@](=O)C(C)(C)C)C1(CCNCC1)C2. The molecule has 1 aromatic rings. The van der Waals surface area contributed by atoms with E-state index < -0.39 is 16.6 Å². The van der Waals surface area contributed by atoms with Crippen LogP contribution in [0.1, 0.15) is 70.2 Å². The Hall–Kier alpha value is -0.750. The number of benzene rings is 1. The molecular weight excluding hydrogens is 332 g/mol. The van der Waals surface area contributed by atoms with Crippen LogP contribution >= 0.6 is 0 Å². The fourth-order valence-corrected chi connectivity index (χ4v) is 5.02. The van der Waals surface area contributed by atoms with Crippen molar-refractivity contribution in [2.24, 2.45) is 5.41 Å². The number of aliphatic hydroxyl groups is 1. The third-order valence-corrected chi connectivity index (χ3v) is 7.26. The molecule has 0 bridgehead atoms. The maximum absolute atomic E-state index is 12.9. The van der Waals surface area contributed by atoms with Gasteiger partial charge in [-0.2, -0.15) is 0 Å². The number of nitrogens with one attached hydrogen (secondary N) is 2. The minimum atomic E-state index is -1.12. The number of hydrogen-bond acceptors (Lipinski definition) is 3. The van der Waals surface area contributed by atoms with Crippen molar-refractivity contribution in [3.8, 4) is 0 Å². The zero-order chi connectivity index (χ0) is 18.5. The Morgan fingerprint density at radius 2 is 1.84 bits per heavy atom. The largest absolute Gasteiger partial charge is 0.386 e. The van der Waals surface area contributed by atoms with Gasteiger partial charge in [-0.3, -0.25) is 0 Å². The van der Waals surface area contributed by atoms with Gasteiger partial charge in [0.1, 0.15) is 0 Å². The van der Waals surface area contributed by atoms with Crippen LogP contribution in [0.3, 0.4) is 0 Å². The average Bonchev–Trinajstić information content (AvgIpc) is 2.79. The quantitative estimate of drug-likeness (QED) is 0.773. The molecule has 2 atom stereocenters. The zero-order valence-electron chi connectivity index (χ0n) is 16.1. The van der Waals surface area contributed by atoms with Crippen LogP contribution in [-0.4, -0.2) is 27.2 Å². The van der Waals surface area contributed by atoms with Crippen molar-refractivity contribution in [1.29, 1.82) is 0 Å². The lowest BCUT2D eigenvalue weighted by Gasteiger charge is -2.40. The first-order valence-electron chi connectivity index (χ1n) is 9.27. The highest BCUT2D eigenvalue weighted by molar-refractivity contribution is 7.84. The lowest BCUT2D eigenvalue weighted by atomic mass is 9.73. The fourth-order valence-electron chi connectivity index (χ4n) is 4.08. The van der Waals surface area contributed by atoms with Gasteiger partial charge < -0.3 is 10.4 Å². The van der Waals surface area contributed by atoms with Crippen LogP contribution < -0.4 is 10.0 Å². The summed E-state index contributed by atoms with van der Waals surface area (Å²) in [4.78, 5) is 0. The molecule has 140 valence electrons. The molecule has 5 heteroatoms. The summed E-state index contributed by atoms with van der Waals surface area (Å²) >= 11 is 0. The molecule has 3 rings (SSSR count). The molecule has 0 aromatic heterocycles. The van der Waals surface area contributed by atoms with Gasteiger partial charge in [0.25, 0.3) is 0 Å². The van der Waals surface area contributed by atoms with Gasteiger partial charge >= 0.3 is 0 Å². The summed E-state index contributed by atoms with van der Waals surface area (Å²) in [6.07, 6.45) is 3.19. The number of piperidine rings is 1. The van der Waals surface area contributed by atoms with Crippen LogP contribution in [0.4, 0.5) is 0 Å². The van der Waals surface area contributed by atoms with Gasteiger partial charge in [-0.1, -0.05) is 18.2 Å². The Bertz CT molecular complexity index is 667. The van der Waals surface area contributed by atoms with E-state index in [2.05, 4.69) is 22.2 Å². The highest BCUT2D eigenvalue weighted by Crippen LogP contribution is 2.52. The first-order valence-corrected chi connectivity index (χ1v) is 10.4. The smallest absolute Gasteiger partial charge is 0.0976 e. The summed E-state index contributed by atoms with van der Waals surface area (Å²) in [7, 11) is -1.12. The lowest BCUT2D eigenvalue weighted by molar-refractivity contribution is 0.0784. The van der Waals surface area contributed by atoms with Crippen molar-refractivity contribution >= 4 is 11.0 Å². The minimum Gasteiger partial charge on any atom is -0.386 e. The van der Waals surface area contributed by atoms with Crippen LogP contribution in [-0.2, 0) is 23.0 Å². The van der Waals surface area contributed by atoms with Crippen LogP contribution in [0.15, 0.2) is 18.2 Å². The number of hydrogen-bond donors (Lipinski definition) is 3. The molecule has 2 aliphatic rings. The molecule has 0 radical (unpaired) electrons. The molecule has 1 aliphatic carbocycles. The van der Waals surface area contributed by atoms with Crippen LogP contribution in [0.5, 0.6) is 0 Å². The molecule has 4 nitrogen and oxygen atoms in total. The van der Waals surface area contributed by atoms with Crippen LogP contribution in [0, 0.1) is 5.41 Å². The first kappa shape index (κ1) is 19.0. The molecule has 1 spiro atoms. The van der Waals surface area contributed by atoms with Gasteiger partial charge in [0.05, 0.1) is 27.4 Å². The van der Waals surface area contributed by atoms with Crippen molar-refractivity contribution < 1.29 is 9.32 Å². The predicted octanol–water partition coefficient (Wildman–Crippen LogP) is 2.93. The predicted molar refractivity (Wildman–Crippen MR) is 104 cm³/mol. The van der Waals surface area contributed by atoms with Gasteiger partial charge in [-0.25, -0.2) is 8.93 Å². The summed E-state index contributed by atoms with van der Waals surface area (Å²) in [5.74, 6) is 0. The molecule has 1 aliphatic heterocycles. The normalized spacial score (nSPS) is 24.3. The van der Waals surface area contributed by atoms with Gasteiger partial charge in [-0.05, 0) is 89.1 Å². The van der Waals surface area contributed by atoms with E-state index >= 15 is 0 Å². The van der Waals surface area contributed by atoms with Crippen molar-refractivity contribution in [2.45, 2.75) is 70.3 Å². The molecule has 0 amide bonds. The number of rotatable bonds is 3. The molecule has 0 saturated carbocycles. The van der Waals surface area contributed by atoms with Gasteiger partial charge in [0.2, 0.25) is 0 Å². The molecule has 25 heavy (non-hydrogen) atoms. The van der Waals surface area contributed by atoms with E-state index in [9.17, 15) is 9.32 Å². The Morgan fingerprint density at radius 3 is 2.40 bits per heavy atom. The molecule has 1 saturated heterocycles. The molecule has 1 fully saturated rings. The summed E-state index contributed by atoms with van der Waals surface area (Å²) in [5.41, 5.74) is 2.72. The number of fused-ring (bicyclic) bond motifs is 1. The summed E-state index contributed by atoms with van der Waals surface area (Å²) < 4.78 is 16.0. The average molecular weight is 365 g/mol. The molecule has 1 unspecified atom stereocenters. The Morgan fingerprint density at radius 1 is 1.20 bits per heavy atom. The second-order valence-corrected chi connectivity index (χ2v) is 11.2. The van der Waals surface area contributed by atoms with Crippen LogP contribution in [0.2, 0.25) is 0 Å². The van der Waals surface area contributed by atoms with E-state index in [0.717, 1.165) is 37.9 Å². The van der Waals surface area contributed by atoms with E-state index in [4.69, 9.17) is 0 Å². The van der Waals surface area contributed by atoms with Crippen molar-refractivity contribution in [3.05, 3.63) is 34.9 Å². The van der Waals surface area contributed by atoms with Crippen molar-refractivity contribution in [2.75, 3.05) is 13.1 Å². The molecule has 1 aromatic carbocycles. The van der Waals surface area contributed by atoms with E-state index in [-0.39, 0.29) is 16.2 Å². The van der Waals surface area contributed by atoms with Crippen LogP contribution in [0.25, 0.3) is 0 Å². The Kier molecular flexibility index (Phi) is 4.91. The Balaban J connectivity index is 2.02.